The van der Waals surface area contributed by atoms with Crippen LogP contribution in [0.25, 0.3) is 0 Å². The van der Waals surface area contributed by atoms with E-state index in [0.29, 0.717) is 28.8 Å². The fourth-order valence-corrected chi connectivity index (χ4v) is 5.67. The van der Waals surface area contributed by atoms with Crippen LogP contribution in [0.4, 0.5) is 5.69 Å². The monoisotopic (exact) mass is 488 g/mol. The third-order valence-corrected chi connectivity index (χ3v) is 7.90. The molecule has 0 saturated carbocycles. The van der Waals surface area contributed by atoms with E-state index >= 15 is 0 Å². The SMILES string of the molecule is O=C(NCCSc1ccccc1)[C@@H]1CN(S(=O)(=O)c2ccc(Cl)cc2)c2ccccc2O1. The fraction of sp³-hybridized carbons (Fsp3) is 0.174. The molecule has 32 heavy (non-hydrogen) atoms. The number of rotatable bonds is 7. The molecule has 3 aromatic carbocycles. The number of sulfonamides is 1. The highest BCUT2D eigenvalue weighted by molar-refractivity contribution is 7.99. The Labute approximate surface area is 196 Å². The van der Waals surface area contributed by atoms with E-state index in [1.807, 2.05) is 30.3 Å². The molecule has 166 valence electrons. The molecule has 0 aliphatic carbocycles. The van der Waals surface area contributed by atoms with Crippen molar-refractivity contribution in [1.29, 1.82) is 0 Å². The summed E-state index contributed by atoms with van der Waals surface area (Å²) >= 11 is 7.54. The van der Waals surface area contributed by atoms with Crippen molar-refractivity contribution < 1.29 is 17.9 Å². The lowest BCUT2D eigenvalue weighted by Gasteiger charge is -2.34. The topological polar surface area (TPSA) is 75.7 Å². The van der Waals surface area contributed by atoms with E-state index in [1.165, 1.54) is 28.6 Å². The zero-order chi connectivity index (χ0) is 22.6. The molecule has 1 N–H and O–H groups in total. The molecule has 0 radical (unpaired) electrons. The Kier molecular flexibility index (Phi) is 6.93. The van der Waals surface area contributed by atoms with Crippen molar-refractivity contribution in [3.63, 3.8) is 0 Å². The molecule has 0 spiro atoms. The largest absolute Gasteiger partial charge is 0.476 e. The summed E-state index contributed by atoms with van der Waals surface area (Å²) in [6.07, 6.45) is -0.964. The molecule has 1 amide bonds. The van der Waals surface area contributed by atoms with Crippen molar-refractivity contribution in [2.45, 2.75) is 15.9 Å². The highest BCUT2D eigenvalue weighted by atomic mass is 35.5. The maximum atomic E-state index is 13.3. The number of hydrogen-bond acceptors (Lipinski definition) is 5. The van der Waals surface area contributed by atoms with Gasteiger partial charge in [0.25, 0.3) is 15.9 Å². The van der Waals surface area contributed by atoms with Crippen LogP contribution in [0.2, 0.25) is 5.02 Å². The highest BCUT2D eigenvalue weighted by Crippen LogP contribution is 2.37. The Hall–Kier alpha value is -2.68. The summed E-state index contributed by atoms with van der Waals surface area (Å²) in [5.74, 6) is 0.672. The Balaban J connectivity index is 1.48. The lowest BCUT2D eigenvalue weighted by Crippen LogP contribution is -2.51. The molecule has 9 heteroatoms. The maximum absolute atomic E-state index is 13.3. The van der Waals surface area contributed by atoms with Crippen LogP contribution >= 0.6 is 23.4 Å². The number of nitrogens with one attached hydrogen (secondary N) is 1. The van der Waals surface area contributed by atoms with E-state index in [0.717, 1.165) is 4.90 Å². The molecule has 1 heterocycles. The predicted molar refractivity (Wildman–Crippen MR) is 127 cm³/mol. The first kappa shape index (κ1) is 22.5. The minimum atomic E-state index is -3.91. The summed E-state index contributed by atoms with van der Waals surface area (Å²) in [7, 11) is -3.91. The van der Waals surface area contributed by atoms with Gasteiger partial charge >= 0.3 is 0 Å². The lowest BCUT2D eigenvalue weighted by atomic mass is 10.2. The van der Waals surface area contributed by atoms with E-state index < -0.39 is 16.1 Å². The number of thioether (sulfide) groups is 1. The van der Waals surface area contributed by atoms with Crippen molar-refractivity contribution in [3.8, 4) is 5.75 Å². The summed E-state index contributed by atoms with van der Waals surface area (Å²) in [5.41, 5.74) is 0.395. The second-order valence-electron chi connectivity index (χ2n) is 7.02. The Bertz CT molecular complexity index is 1190. The molecule has 0 bridgehead atoms. The summed E-state index contributed by atoms with van der Waals surface area (Å²) in [6.45, 7) is 0.309. The lowest BCUT2D eigenvalue weighted by molar-refractivity contribution is -0.127. The van der Waals surface area contributed by atoms with Crippen molar-refractivity contribution in [2.24, 2.45) is 0 Å². The standard InChI is InChI=1S/C23H21ClN2O4S2/c24-17-10-12-19(13-11-17)32(28,29)26-16-22(30-21-9-5-4-8-20(21)26)23(27)25-14-15-31-18-6-2-1-3-7-18/h1-13,22H,14-16H2,(H,25,27)/t22-/m0/s1. The quantitative estimate of drug-likeness (QED) is 0.398. The number of carbonyl (C=O) groups is 1. The molecular formula is C23H21ClN2O4S2. The van der Waals surface area contributed by atoms with Gasteiger partial charge in [0.05, 0.1) is 17.1 Å². The molecule has 1 aliphatic heterocycles. The second kappa shape index (κ2) is 9.85. The van der Waals surface area contributed by atoms with Crippen molar-refractivity contribution in [3.05, 3.63) is 83.9 Å². The van der Waals surface area contributed by atoms with Crippen molar-refractivity contribution >= 4 is 45.0 Å². The van der Waals surface area contributed by atoms with Gasteiger partial charge in [0.2, 0.25) is 0 Å². The van der Waals surface area contributed by atoms with Crippen molar-refractivity contribution in [2.75, 3.05) is 23.1 Å². The second-order valence-corrected chi connectivity index (χ2v) is 10.5. The number of carbonyl (C=O) groups excluding carboxylic acids is 1. The molecule has 3 aromatic rings. The summed E-state index contributed by atoms with van der Waals surface area (Å²) in [6, 6.07) is 22.6. The molecule has 1 aliphatic rings. The average Bonchev–Trinajstić information content (AvgIpc) is 2.82. The first-order valence-corrected chi connectivity index (χ1v) is 12.7. The number of para-hydroxylation sites is 2. The number of fused-ring (bicyclic) bond motifs is 1. The summed E-state index contributed by atoms with van der Waals surface area (Å²) < 4.78 is 33.7. The van der Waals surface area contributed by atoms with Gasteiger partial charge in [-0.15, -0.1) is 11.8 Å². The third-order valence-electron chi connectivity index (χ3n) is 4.84. The van der Waals surface area contributed by atoms with Gasteiger partial charge in [0.15, 0.2) is 6.10 Å². The molecule has 6 nitrogen and oxygen atoms in total. The maximum Gasteiger partial charge on any atom is 0.264 e. The van der Waals surface area contributed by atoms with Gasteiger partial charge in [0.1, 0.15) is 5.75 Å². The zero-order valence-electron chi connectivity index (χ0n) is 17.0. The van der Waals surface area contributed by atoms with Gasteiger partial charge in [-0.25, -0.2) is 8.42 Å². The van der Waals surface area contributed by atoms with Crippen molar-refractivity contribution in [1.82, 2.24) is 5.32 Å². The first-order valence-electron chi connectivity index (χ1n) is 9.95. The fourth-order valence-electron chi connectivity index (χ4n) is 3.27. The molecule has 0 fully saturated rings. The normalized spacial score (nSPS) is 15.5. The number of nitrogens with zero attached hydrogens (tertiary/aromatic N) is 1. The minimum absolute atomic E-state index is 0.0945. The molecule has 0 saturated heterocycles. The van der Waals surface area contributed by atoms with Gasteiger partial charge in [-0.2, -0.15) is 0 Å². The minimum Gasteiger partial charge on any atom is -0.476 e. The van der Waals surface area contributed by atoms with Crippen LogP contribution < -0.4 is 14.4 Å². The van der Waals surface area contributed by atoms with Crippen LogP contribution in [0, 0.1) is 0 Å². The van der Waals surface area contributed by atoms with Crippen LogP contribution in [0.15, 0.2) is 88.7 Å². The number of amides is 1. The Morgan fingerprint density at radius 1 is 1.03 bits per heavy atom. The number of anilines is 1. The van der Waals surface area contributed by atoms with Gasteiger partial charge in [-0.1, -0.05) is 41.9 Å². The van der Waals surface area contributed by atoms with E-state index in [1.54, 1.807) is 36.0 Å². The Morgan fingerprint density at radius 3 is 2.47 bits per heavy atom. The summed E-state index contributed by atoms with van der Waals surface area (Å²) in [4.78, 5) is 14.0. The number of hydrogen-bond donors (Lipinski definition) is 1. The molecular weight excluding hydrogens is 468 g/mol. The van der Waals surface area contributed by atoms with E-state index in [9.17, 15) is 13.2 Å². The van der Waals surface area contributed by atoms with Crippen LogP contribution in [0.3, 0.4) is 0 Å². The number of ether oxygens (including phenoxy) is 1. The van der Waals surface area contributed by atoms with Crippen LogP contribution in [0.5, 0.6) is 5.75 Å². The molecule has 0 aromatic heterocycles. The van der Waals surface area contributed by atoms with Gasteiger partial charge < -0.3 is 10.1 Å². The van der Waals surface area contributed by atoms with Crippen LogP contribution in [0.1, 0.15) is 0 Å². The van der Waals surface area contributed by atoms with Crippen LogP contribution in [-0.2, 0) is 14.8 Å². The smallest absolute Gasteiger partial charge is 0.264 e. The highest BCUT2D eigenvalue weighted by Gasteiger charge is 2.37. The number of halogens is 1. The first-order chi connectivity index (χ1) is 15.4. The van der Waals surface area contributed by atoms with E-state index in [4.69, 9.17) is 16.3 Å². The third kappa shape index (κ3) is 5.03. The molecule has 0 unspecified atom stereocenters. The number of benzene rings is 3. The van der Waals surface area contributed by atoms with E-state index in [-0.39, 0.29) is 17.3 Å². The zero-order valence-corrected chi connectivity index (χ0v) is 19.4. The van der Waals surface area contributed by atoms with Gasteiger partial charge in [0, 0.05) is 22.2 Å². The summed E-state index contributed by atoms with van der Waals surface area (Å²) in [5, 5.41) is 3.29. The molecule has 1 atom stereocenters. The predicted octanol–water partition coefficient (Wildman–Crippen LogP) is 4.20. The molecule has 4 rings (SSSR count). The van der Waals surface area contributed by atoms with Gasteiger partial charge in [-0.05, 0) is 48.5 Å². The van der Waals surface area contributed by atoms with Crippen LogP contribution in [-0.4, -0.2) is 39.3 Å². The Morgan fingerprint density at radius 2 is 1.72 bits per heavy atom. The average molecular weight is 489 g/mol. The van der Waals surface area contributed by atoms with Gasteiger partial charge in [-0.3, -0.25) is 9.10 Å². The van der Waals surface area contributed by atoms with E-state index in [2.05, 4.69) is 5.32 Å².